The summed E-state index contributed by atoms with van der Waals surface area (Å²) < 4.78 is 27.9. The van der Waals surface area contributed by atoms with Gasteiger partial charge < -0.3 is 5.32 Å². The van der Waals surface area contributed by atoms with Crippen molar-refractivity contribution >= 4 is 21.8 Å². The lowest BCUT2D eigenvalue weighted by Crippen LogP contribution is -2.54. The summed E-state index contributed by atoms with van der Waals surface area (Å²) in [7, 11) is 0. The topological polar surface area (TPSA) is 32.3 Å². The van der Waals surface area contributed by atoms with Crippen LogP contribution in [0.15, 0.2) is 16.6 Å². The van der Waals surface area contributed by atoms with E-state index in [1.54, 1.807) is 0 Å². The van der Waals surface area contributed by atoms with Crippen LogP contribution in [-0.4, -0.2) is 29.9 Å². The van der Waals surface area contributed by atoms with Gasteiger partial charge in [0.2, 0.25) is 5.91 Å². The van der Waals surface area contributed by atoms with Gasteiger partial charge in [0.25, 0.3) is 0 Å². The van der Waals surface area contributed by atoms with Crippen LogP contribution in [0.2, 0.25) is 0 Å². The molecule has 1 aliphatic heterocycles. The van der Waals surface area contributed by atoms with Crippen LogP contribution in [0.1, 0.15) is 18.9 Å². The van der Waals surface area contributed by atoms with Crippen molar-refractivity contribution in [2.75, 3.05) is 13.1 Å². The maximum atomic E-state index is 13.9. The number of benzene rings is 1. The van der Waals surface area contributed by atoms with Crippen molar-refractivity contribution in [1.82, 2.24) is 10.2 Å². The van der Waals surface area contributed by atoms with E-state index in [1.165, 1.54) is 12.1 Å². The highest BCUT2D eigenvalue weighted by atomic mass is 79.9. The molecule has 1 saturated heterocycles. The second-order valence-corrected chi connectivity index (χ2v) is 5.36. The molecule has 104 valence electrons. The van der Waals surface area contributed by atoms with E-state index < -0.39 is 11.6 Å². The molecular weight excluding hydrogens is 318 g/mol. The number of piperazine rings is 1. The zero-order valence-electron chi connectivity index (χ0n) is 10.5. The van der Waals surface area contributed by atoms with Crippen molar-refractivity contribution in [3.8, 4) is 0 Å². The molecule has 1 aliphatic rings. The van der Waals surface area contributed by atoms with Crippen LogP contribution in [0, 0.1) is 11.6 Å². The predicted octanol–water partition coefficient (Wildman–Crippen LogP) is 2.44. The molecule has 0 aliphatic carbocycles. The van der Waals surface area contributed by atoms with Crippen LogP contribution >= 0.6 is 15.9 Å². The average molecular weight is 333 g/mol. The molecule has 0 spiro atoms. The lowest BCUT2D eigenvalue weighted by atomic mass is 10.1. The maximum absolute atomic E-state index is 13.9. The van der Waals surface area contributed by atoms with Crippen molar-refractivity contribution in [1.29, 1.82) is 0 Å². The standard InChI is InChI=1S/C13H15BrF2N2O/c1-2-11-13(19)17-5-6-18(11)7-8-10(15)4-3-9(14)12(8)16/h3-4,11H,2,5-7H2,1H3,(H,17,19). The van der Waals surface area contributed by atoms with Gasteiger partial charge in [-0.1, -0.05) is 6.92 Å². The fourth-order valence-corrected chi connectivity index (χ4v) is 2.68. The van der Waals surface area contributed by atoms with Gasteiger partial charge >= 0.3 is 0 Å². The Morgan fingerprint density at radius 2 is 2.21 bits per heavy atom. The third-order valence-electron chi connectivity index (χ3n) is 3.33. The normalized spacial score (nSPS) is 20.4. The van der Waals surface area contributed by atoms with Crippen LogP contribution in [0.4, 0.5) is 8.78 Å². The molecule has 1 amide bonds. The molecule has 0 aromatic heterocycles. The molecule has 1 fully saturated rings. The van der Waals surface area contributed by atoms with Crippen LogP contribution in [0.5, 0.6) is 0 Å². The van der Waals surface area contributed by atoms with E-state index in [-0.39, 0.29) is 28.5 Å². The number of carbonyl (C=O) groups is 1. The van der Waals surface area contributed by atoms with Gasteiger partial charge in [-0.05, 0) is 34.5 Å². The van der Waals surface area contributed by atoms with E-state index in [0.717, 1.165) is 0 Å². The number of amides is 1. The highest BCUT2D eigenvalue weighted by molar-refractivity contribution is 9.10. The van der Waals surface area contributed by atoms with Gasteiger partial charge in [-0.25, -0.2) is 8.78 Å². The molecule has 19 heavy (non-hydrogen) atoms. The van der Waals surface area contributed by atoms with Crippen molar-refractivity contribution < 1.29 is 13.6 Å². The molecule has 0 saturated carbocycles. The van der Waals surface area contributed by atoms with E-state index in [1.807, 2.05) is 11.8 Å². The zero-order valence-corrected chi connectivity index (χ0v) is 12.1. The molecule has 1 unspecified atom stereocenters. The van der Waals surface area contributed by atoms with Gasteiger partial charge in [0.1, 0.15) is 11.6 Å². The summed E-state index contributed by atoms with van der Waals surface area (Å²) in [6.07, 6.45) is 0.614. The number of nitrogens with one attached hydrogen (secondary N) is 1. The Bertz CT molecular complexity index is 496. The fraction of sp³-hybridized carbons (Fsp3) is 0.462. The van der Waals surface area contributed by atoms with Crippen LogP contribution in [-0.2, 0) is 11.3 Å². The number of hydrogen-bond acceptors (Lipinski definition) is 2. The van der Waals surface area contributed by atoms with Gasteiger partial charge in [-0.2, -0.15) is 0 Å². The molecule has 1 heterocycles. The van der Waals surface area contributed by atoms with E-state index in [0.29, 0.717) is 19.5 Å². The van der Waals surface area contributed by atoms with Gasteiger partial charge in [-0.15, -0.1) is 0 Å². The van der Waals surface area contributed by atoms with Crippen LogP contribution in [0.25, 0.3) is 0 Å². The summed E-state index contributed by atoms with van der Waals surface area (Å²) in [5.74, 6) is -1.26. The van der Waals surface area contributed by atoms with Crippen molar-refractivity contribution in [2.24, 2.45) is 0 Å². The van der Waals surface area contributed by atoms with E-state index >= 15 is 0 Å². The molecule has 0 radical (unpaired) electrons. The second kappa shape index (κ2) is 5.96. The van der Waals surface area contributed by atoms with Crippen LogP contribution < -0.4 is 5.32 Å². The van der Waals surface area contributed by atoms with Gasteiger partial charge in [0.15, 0.2) is 0 Å². The molecule has 1 aromatic carbocycles. The number of halogens is 3. The molecule has 3 nitrogen and oxygen atoms in total. The quantitative estimate of drug-likeness (QED) is 0.862. The monoisotopic (exact) mass is 332 g/mol. The van der Waals surface area contributed by atoms with Crippen molar-refractivity contribution in [3.63, 3.8) is 0 Å². The highest BCUT2D eigenvalue weighted by Gasteiger charge is 2.29. The second-order valence-electron chi connectivity index (χ2n) is 4.51. The minimum Gasteiger partial charge on any atom is -0.353 e. The Kier molecular flexibility index (Phi) is 4.52. The average Bonchev–Trinajstić information content (AvgIpc) is 2.39. The Labute approximate surface area is 119 Å². The third kappa shape index (κ3) is 2.95. The van der Waals surface area contributed by atoms with Gasteiger partial charge in [0, 0.05) is 25.2 Å². The summed E-state index contributed by atoms with van der Waals surface area (Å²) in [5, 5.41) is 2.76. The maximum Gasteiger partial charge on any atom is 0.237 e. The first-order valence-electron chi connectivity index (χ1n) is 6.18. The SMILES string of the molecule is CCC1C(=O)NCCN1Cc1c(F)ccc(Br)c1F. The summed E-state index contributed by atoms with van der Waals surface area (Å²) in [4.78, 5) is 13.5. The number of nitrogens with zero attached hydrogens (tertiary/aromatic N) is 1. The van der Waals surface area contributed by atoms with Crippen LogP contribution in [0.3, 0.4) is 0 Å². The fourth-order valence-electron chi connectivity index (χ4n) is 2.31. The summed E-state index contributed by atoms with van der Waals surface area (Å²) in [6, 6.07) is 2.24. The largest absolute Gasteiger partial charge is 0.353 e. The molecule has 6 heteroatoms. The lowest BCUT2D eigenvalue weighted by molar-refractivity contribution is -0.129. The van der Waals surface area contributed by atoms with Crippen molar-refractivity contribution in [2.45, 2.75) is 25.9 Å². The number of carbonyl (C=O) groups excluding carboxylic acids is 1. The van der Waals surface area contributed by atoms with E-state index in [2.05, 4.69) is 21.2 Å². The summed E-state index contributed by atoms with van der Waals surface area (Å²) >= 11 is 3.05. The molecule has 1 aromatic rings. The van der Waals surface area contributed by atoms with Gasteiger partial charge in [0.05, 0.1) is 10.5 Å². The lowest BCUT2D eigenvalue weighted by Gasteiger charge is -2.34. The predicted molar refractivity (Wildman–Crippen MR) is 71.6 cm³/mol. The number of hydrogen-bond donors (Lipinski definition) is 1. The van der Waals surface area contributed by atoms with Crippen molar-refractivity contribution in [3.05, 3.63) is 33.8 Å². The Balaban J connectivity index is 2.25. The smallest absolute Gasteiger partial charge is 0.237 e. The molecular formula is C13H15BrF2N2O. The minimum atomic E-state index is -0.596. The first kappa shape index (κ1) is 14.4. The molecule has 1 N–H and O–H groups in total. The van der Waals surface area contributed by atoms with E-state index in [4.69, 9.17) is 0 Å². The summed E-state index contributed by atoms with van der Waals surface area (Å²) in [6.45, 7) is 3.08. The zero-order chi connectivity index (χ0) is 14.0. The van der Waals surface area contributed by atoms with Gasteiger partial charge in [-0.3, -0.25) is 9.69 Å². The Hall–Kier alpha value is -1.01. The first-order valence-corrected chi connectivity index (χ1v) is 6.98. The van der Waals surface area contributed by atoms with E-state index in [9.17, 15) is 13.6 Å². The molecule has 0 bridgehead atoms. The third-order valence-corrected chi connectivity index (χ3v) is 3.94. The first-order chi connectivity index (χ1) is 9.04. The minimum absolute atomic E-state index is 0.00234. The Morgan fingerprint density at radius 3 is 2.89 bits per heavy atom. The number of rotatable bonds is 3. The summed E-state index contributed by atoms with van der Waals surface area (Å²) in [5.41, 5.74) is 0.00234. The Morgan fingerprint density at radius 1 is 1.47 bits per heavy atom. The molecule has 1 atom stereocenters. The molecule has 2 rings (SSSR count). The highest BCUT2D eigenvalue weighted by Crippen LogP contribution is 2.24.